The van der Waals surface area contributed by atoms with E-state index in [2.05, 4.69) is 14.9 Å². The zero-order valence-electron chi connectivity index (χ0n) is 14.1. The van der Waals surface area contributed by atoms with Gasteiger partial charge in [-0.2, -0.15) is 0 Å². The maximum absolute atomic E-state index is 11.3. The van der Waals surface area contributed by atoms with Crippen molar-refractivity contribution >= 4 is 34.6 Å². The van der Waals surface area contributed by atoms with Crippen molar-refractivity contribution in [2.24, 2.45) is 5.92 Å². The standard InChI is InChI=1S/C20H18ClN3O2/c21-16-7-6-14(9-18(16)26)15-4-1-5-17-19(15)20(23-12-22-17)24-8-2-3-13(10-24)11-25/h1,4-7,9,11-13,26H,2-3,8,10H2. The van der Waals surface area contributed by atoms with Crippen LogP contribution in [0.1, 0.15) is 12.8 Å². The summed E-state index contributed by atoms with van der Waals surface area (Å²) in [5, 5.41) is 11.2. The number of nitrogens with zero attached hydrogens (tertiary/aromatic N) is 3. The van der Waals surface area contributed by atoms with E-state index < -0.39 is 0 Å². The highest BCUT2D eigenvalue weighted by molar-refractivity contribution is 6.32. The number of aldehydes is 1. The van der Waals surface area contributed by atoms with Gasteiger partial charge in [0.2, 0.25) is 0 Å². The smallest absolute Gasteiger partial charge is 0.140 e. The third kappa shape index (κ3) is 2.99. The van der Waals surface area contributed by atoms with E-state index in [4.69, 9.17) is 11.6 Å². The number of hydrogen-bond donors (Lipinski definition) is 1. The summed E-state index contributed by atoms with van der Waals surface area (Å²) in [6.45, 7) is 1.52. The Morgan fingerprint density at radius 2 is 2.12 bits per heavy atom. The minimum atomic E-state index is 0.0282. The molecule has 0 saturated carbocycles. The molecule has 0 bridgehead atoms. The first-order valence-corrected chi connectivity index (χ1v) is 8.98. The Labute approximate surface area is 156 Å². The van der Waals surface area contributed by atoms with Gasteiger partial charge >= 0.3 is 0 Å². The lowest BCUT2D eigenvalue weighted by molar-refractivity contribution is -0.111. The van der Waals surface area contributed by atoms with Gasteiger partial charge < -0.3 is 14.8 Å². The highest BCUT2D eigenvalue weighted by atomic mass is 35.5. The highest BCUT2D eigenvalue weighted by Gasteiger charge is 2.23. The number of phenolic OH excluding ortho intramolecular Hbond substituents is 1. The van der Waals surface area contributed by atoms with Gasteiger partial charge in [-0.3, -0.25) is 0 Å². The van der Waals surface area contributed by atoms with Crippen LogP contribution in [-0.2, 0) is 4.79 Å². The Morgan fingerprint density at radius 1 is 1.23 bits per heavy atom. The Hall–Kier alpha value is -2.66. The summed E-state index contributed by atoms with van der Waals surface area (Å²) in [6.07, 6.45) is 4.47. The van der Waals surface area contributed by atoms with Crippen LogP contribution in [0, 0.1) is 5.92 Å². The molecule has 0 radical (unpaired) electrons. The van der Waals surface area contributed by atoms with Gasteiger partial charge in [0.15, 0.2) is 0 Å². The fraction of sp³-hybridized carbons (Fsp3) is 0.250. The lowest BCUT2D eigenvalue weighted by atomic mass is 9.97. The van der Waals surface area contributed by atoms with Crippen molar-refractivity contribution in [1.82, 2.24) is 9.97 Å². The second kappa shape index (κ2) is 6.92. The predicted octanol–water partition coefficient (Wildman–Crippen LogP) is 4.07. The molecule has 1 unspecified atom stereocenters. The minimum Gasteiger partial charge on any atom is -0.506 e. The quantitative estimate of drug-likeness (QED) is 0.707. The van der Waals surface area contributed by atoms with E-state index in [-0.39, 0.29) is 11.7 Å². The number of benzene rings is 2. The Balaban J connectivity index is 1.89. The second-order valence-corrected chi connectivity index (χ2v) is 6.95. The zero-order chi connectivity index (χ0) is 18.1. The SMILES string of the molecule is O=CC1CCCN(c2ncnc3cccc(-c4ccc(Cl)c(O)c4)c23)C1. The monoisotopic (exact) mass is 367 g/mol. The number of piperidine rings is 1. The molecule has 0 aliphatic carbocycles. The molecule has 1 saturated heterocycles. The van der Waals surface area contributed by atoms with Crippen LogP contribution in [0.25, 0.3) is 22.0 Å². The number of carbonyl (C=O) groups excluding carboxylic acids is 1. The molecule has 132 valence electrons. The van der Waals surface area contributed by atoms with E-state index in [1.54, 1.807) is 18.5 Å². The fourth-order valence-corrected chi connectivity index (χ4v) is 3.68. The number of aromatic nitrogens is 2. The number of fused-ring (bicyclic) bond motifs is 1. The van der Waals surface area contributed by atoms with Crippen LogP contribution in [0.3, 0.4) is 0 Å². The molecule has 3 aromatic rings. The first kappa shape index (κ1) is 16.8. The van der Waals surface area contributed by atoms with Crippen LogP contribution in [0.15, 0.2) is 42.7 Å². The summed E-state index contributed by atoms with van der Waals surface area (Å²) in [4.78, 5) is 22.4. The van der Waals surface area contributed by atoms with Gasteiger partial charge in [-0.25, -0.2) is 9.97 Å². The van der Waals surface area contributed by atoms with Gasteiger partial charge in [0.25, 0.3) is 0 Å². The molecule has 1 N–H and O–H groups in total. The molecular weight excluding hydrogens is 350 g/mol. The molecule has 0 amide bonds. The maximum Gasteiger partial charge on any atom is 0.140 e. The fourth-order valence-electron chi connectivity index (χ4n) is 3.57. The summed E-state index contributed by atoms with van der Waals surface area (Å²) in [5.74, 6) is 0.894. The molecule has 2 heterocycles. The number of aromatic hydroxyl groups is 1. The van der Waals surface area contributed by atoms with Gasteiger partial charge in [-0.15, -0.1) is 0 Å². The van der Waals surface area contributed by atoms with Crippen molar-refractivity contribution in [1.29, 1.82) is 0 Å². The lowest BCUT2D eigenvalue weighted by Crippen LogP contribution is -2.36. The van der Waals surface area contributed by atoms with Crippen LogP contribution in [-0.4, -0.2) is 34.5 Å². The number of halogens is 1. The summed E-state index contributed by atoms with van der Waals surface area (Å²) < 4.78 is 0. The van der Waals surface area contributed by atoms with Crippen molar-refractivity contribution in [3.05, 3.63) is 47.7 Å². The van der Waals surface area contributed by atoms with Gasteiger partial charge in [0, 0.05) is 19.0 Å². The predicted molar refractivity (Wildman–Crippen MR) is 103 cm³/mol. The van der Waals surface area contributed by atoms with Crippen LogP contribution in [0.4, 0.5) is 5.82 Å². The molecule has 26 heavy (non-hydrogen) atoms. The number of hydrogen-bond acceptors (Lipinski definition) is 5. The Morgan fingerprint density at radius 3 is 2.92 bits per heavy atom. The number of rotatable bonds is 3. The molecule has 5 nitrogen and oxygen atoms in total. The topological polar surface area (TPSA) is 66.3 Å². The van der Waals surface area contributed by atoms with Crippen molar-refractivity contribution < 1.29 is 9.90 Å². The number of carbonyl (C=O) groups is 1. The van der Waals surface area contributed by atoms with E-state index in [0.717, 1.165) is 53.5 Å². The molecule has 1 aromatic heterocycles. The van der Waals surface area contributed by atoms with E-state index in [0.29, 0.717) is 11.6 Å². The van der Waals surface area contributed by atoms with E-state index in [1.807, 2.05) is 24.3 Å². The molecule has 1 atom stereocenters. The molecule has 4 rings (SSSR count). The molecule has 1 fully saturated rings. The summed E-state index contributed by atoms with van der Waals surface area (Å²) in [5.41, 5.74) is 2.60. The molecular formula is C20H18ClN3O2. The third-order valence-corrected chi connectivity index (χ3v) is 5.17. The summed E-state index contributed by atoms with van der Waals surface area (Å²) in [6, 6.07) is 11.1. The number of anilines is 1. The second-order valence-electron chi connectivity index (χ2n) is 6.55. The van der Waals surface area contributed by atoms with Crippen molar-refractivity contribution in [3.63, 3.8) is 0 Å². The number of phenols is 1. The summed E-state index contributed by atoms with van der Waals surface area (Å²) in [7, 11) is 0. The first-order valence-electron chi connectivity index (χ1n) is 8.60. The zero-order valence-corrected chi connectivity index (χ0v) is 14.9. The van der Waals surface area contributed by atoms with Crippen molar-refractivity contribution in [2.75, 3.05) is 18.0 Å². The van der Waals surface area contributed by atoms with Crippen molar-refractivity contribution in [2.45, 2.75) is 12.8 Å². The van der Waals surface area contributed by atoms with Crippen LogP contribution in [0.5, 0.6) is 5.75 Å². The van der Waals surface area contributed by atoms with Crippen LogP contribution < -0.4 is 4.90 Å². The molecule has 0 spiro atoms. The van der Waals surface area contributed by atoms with Gasteiger partial charge in [0.1, 0.15) is 24.2 Å². The Bertz CT molecular complexity index is 971. The Kier molecular flexibility index (Phi) is 4.47. The van der Waals surface area contributed by atoms with Gasteiger partial charge in [-0.05, 0) is 42.2 Å². The van der Waals surface area contributed by atoms with E-state index >= 15 is 0 Å². The van der Waals surface area contributed by atoms with E-state index in [9.17, 15) is 9.90 Å². The first-order chi connectivity index (χ1) is 12.7. The van der Waals surface area contributed by atoms with Crippen LogP contribution in [0.2, 0.25) is 5.02 Å². The maximum atomic E-state index is 11.3. The minimum absolute atomic E-state index is 0.0282. The van der Waals surface area contributed by atoms with Crippen LogP contribution >= 0.6 is 11.6 Å². The van der Waals surface area contributed by atoms with Gasteiger partial charge in [-0.1, -0.05) is 29.8 Å². The highest BCUT2D eigenvalue weighted by Crippen LogP contribution is 2.37. The largest absolute Gasteiger partial charge is 0.506 e. The molecule has 1 aliphatic heterocycles. The third-order valence-electron chi connectivity index (χ3n) is 4.85. The average Bonchev–Trinajstić information content (AvgIpc) is 2.69. The van der Waals surface area contributed by atoms with Crippen molar-refractivity contribution in [3.8, 4) is 16.9 Å². The van der Waals surface area contributed by atoms with E-state index in [1.165, 1.54) is 0 Å². The molecule has 1 aliphatic rings. The molecule has 6 heteroatoms. The lowest BCUT2D eigenvalue weighted by Gasteiger charge is -2.32. The molecule has 2 aromatic carbocycles. The summed E-state index contributed by atoms with van der Waals surface area (Å²) >= 11 is 5.96. The average molecular weight is 368 g/mol. The normalized spacial score (nSPS) is 17.4. The van der Waals surface area contributed by atoms with Gasteiger partial charge in [0.05, 0.1) is 15.9 Å².